The molecule has 3 rings (SSSR count). The molecule has 136 valence electrons. The first-order valence-corrected chi connectivity index (χ1v) is 8.77. The van der Waals surface area contributed by atoms with Crippen molar-refractivity contribution in [1.29, 1.82) is 0 Å². The summed E-state index contributed by atoms with van der Waals surface area (Å²) in [6, 6.07) is 14.4. The molecule has 0 fully saturated rings. The largest absolute Gasteiger partial charge is 0.478 e. The van der Waals surface area contributed by atoms with E-state index in [4.69, 9.17) is 27.5 Å². The van der Waals surface area contributed by atoms with Gasteiger partial charge in [0.2, 0.25) is 0 Å². The van der Waals surface area contributed by atoms with E-state index in [1.807, 2.05) is 24.3 Å². The summed E-state index contributed by atoms with van der Waals surface area (Å²) >= 11 is 7.84. The molecule has 1 aliphatic heterocycles. The maximum atomic E-state index is 9.55. The molecule has 1 unspecified atom stereocenters. The fraction of sp³-hybridized carbons (Fsp3) is 0.111. The third-order valence-corrected chi connectivity index (χ3v) is 4.79. The molecule has 2 aromatic rings. The highest BCUT2D eigenvalue weighted by Gasteiger charge is 2.20. The lowest BCUT2D eigenvalue weighted by Crippen LogP contribution is -2.20. The number of rotatable bonds is 3. The summed E-state index contributed by atoms with van der Waals surface area (Å²) in [4.78, 5) is 21.5. The highest BCUT2D eigenvalue weighted by Crippen LogP contribution is 2.42. The second-order valence-electron chi connectivity index (χ2n) is 5.22. The molecule has 1 heterocycles. The lowest BCUT2D eigenvalue weighted by atomic mass is 10.1. The molecule has 0 radical (unpaired) electrons. The van der Waals surface area contributed by atoms with E-state index >= 15 is 0 Å². The Balaban J connectivity index is 0.000000260. The smallest absolute Gasteiger partial charge is 0.328 e. The first-order chi connectivity index (χ1) is 12.4. The van der Waals surface area contributed by atoms with Crippen LogP contribution in [0.3, 0.4) is 0 Å². The van der Waals surface area contributed by atoms with Crippen LogP contribution in [0.25, 0.3) is 0 Å². The number of carbonyl (C=O) groups is 2. The van der Waals surface area contributed by atoms with Crippen LogP contribution in [0, 0.1) is 0 Å². The van der Waals surface area contributed by atoms with E-state index in [2.05, 4.69) is 23.5 Å². The van der Waals surface area contributed by atoms with Crippen LogP contribution in [0.15, 0.2) is 64.4 Å². The van der Waals surface area contributed by atoms with Crippen molar-refractivity contribution < 1.29 is 19.8 Å². The summed E-state index contributed by atoms with van der Waals surface area (Å²) in [7, 11) is 0. The van der Waals surface area contributed by atoms with Gasteiger partial charge in [-0.15, -0.1) is 0 Å². The van der Waals surface area contributed by atoms with Gasteiger partial charge in [0.1, 0.15) is 0 Å². The van der Waals surface area contributed by atoms with Crippen LogP contribution in [0.1, 0.15) is 11.6 Å². The molecular weight excluding hydrogens is 376 g/mol. The maximum Gasteiger partial charge on any atom is 0.328 e. The Labute approximate surface area is 159 Å². The van der Waals surface area contributed by atoms with E-state index in [1.54, 1.807) is 11.8 Å². The van der Waals surface area contributed by atoms with Gasteiger partial charge in [-0.3, -0.25) is 0 Å². The van der Waals surface area contributed by atoms with E-state index in [0.717, 1.165) is 10.7 Å². The molecule has 0 amide bonds. The molecule has 0 bridgehead atoms. The van der Waals surface area contributed by atoms with Crippen LogP contribution in [-0.2, 0) is 9.59 Å². The fourth-order valence-corrected chi connectivity index (χ4v) is 3.53. The van der Waals surface area contributed by atoms with E-state index in [9.17, 15) is 9.59 Å². The SMILES string of the molecule is NCC1Nc2ccccc2Sc2ccc(Cl)cc21.O=C(O)/C=C/C(=O)O. The van der Waals surface area contributed by atoms with Crippen LogP contribution in [0.4, 0.5) is 5.69 Å². The zero-order chi connectivity index (χ0) is 19.1. The van der Waals surface area contributed by atoms with Gasteiger partial charge in [0.25, 0.3) is 0 Å². The molecule has 0 saturated heterocycles. The topological polar surface area (TPSA) is 113 Å². The minimum Gasteiger partial charge on any atom is -0.478 e. The maximum absolute atomic E-state index is 9.55. The highest BCUT2D eigenvalue weighted by molar-refractivity contribution is 7.99. The molecular formula is C18H17ClN2O4S. The van der Waals surface area contributed by atoms with Crippen LogP contribution in [0.2, 0.25) is 5.02 Å². The fourth-order valence-electron chi connectivity index (χ4n) is 2.27. The summed E-state index contributed by atoms with van der Waals surface area (Å²) < 4.78 is 0. The molecule has 1 aliphatic rings. The normalized spacial score (nSPS) is 14.9. The van der Waals surface area contributed by atoms with Gasteiger partial charge in [-0.25, -0.2) is 9.59 Å². The molecule has 8 heteroatoms. The number of halogens is 1. The Bertz CT molecular complexity index is 826. The second kappa shape index (κ2) is 9.28. The lowest BCUT2D eigenvalue weighted by Gasteiger charge is -2.18. The minimum absolute atomic E-state index is 0.106. The standard InChI is InChI=1S/C14H13ClN2S.C4H4O4/c15-9-5-6-13-10(7-9)12(8-16)17-11-3-1-2-4-14(11)18-13;5-3(6)1-2-4(7)8/h1-7,12,17H,8,16H2;1-2H,(H,5,6)(H,7,8)/b;2-1+. The summed E-state index contributed by atoms with van der Waals surface area (Å²) in [6.45, 7) is 0.544. The molecule has 6 nitrogen and oxygen atoms in total. The van der Waals surface area contributed by atoms with E-state index in [-0.39, 0.29) is 6.04 Å². The Morgan fingerprint density at radius 3 is 2.38 bits per heavy atom. The first-order valence-electron chi connectivity index (χ1n) is 7.57. The van der Waals surface area contributed by atoms with Gasteiger partial charge in [0, 0.05) is 39.2 Å². The number of benzene rings is 2. The Morgan fingerprint density at radius 1 is 1.12 bits per heavy atom. The average molecular weight is 393 g/mol. The Kier molecular flexibility index (Phi) is 7.08. The quantitative estimate of drug-likeness (QED) is 0.590. The van der Waals surface area contributed by atoms with Gasteiger partial charge >= 0.3 is 11.9 Å². The third kappa shape index (κ3) is 5.52. The van der Waals surface area contributed by atoms with Gasteiger partial charge in [-0.2, -0.15) is 0 Å². The molecule has 0 spiro atoms. The van der Waals surface area contributed by atoms with E-state index in [0.29, 0.717) is 18.7 Å². The molecule has 1 atom stereocenters. The van der Waals surface area contributed by atoms with Gasteiger partial charge in [0.15, 0.2) is 0 Å². The van der Waals surface area contributed by atoms with Crippen molar-refractivity contribution in [2.24, 2.45) is 5.73 Å². The molecule has 2 aromatic carbocycles. The van der Waals surface area contributed by atoms with Crippen molar-refractivity contribution in [1.82, 2.24) is 0 Å². The molecule has 0 aromatic heterocycles. The number of carboxylic acid groups (broad SMARTS) is 2. The summed E-state index contributed by atoms with van der Waals surface area (Å²) in [5, 5.41) is 19.9. The van der Waals surface area contributed by atoms with E-state index in [1.165, 1.54) is 15.4 Å². The number of para-hydroxylation sites is 1. The molecule has 5 N–H and O–H groups in total. The van der Waals surface area contributed by atoms with Crippen LogP contribution in [-0.4, -0.2) is 28.7 Å². The zero-order valence-corrected chi connectivity index (χ0v) is 15.1. The lowest BCUT2D eigenvalue weighted by molar-refractivity contribution is -0.134. The van der Waals surface area contributed by atoms with Crippen LogP contribution < -0.4 is 11.1 Å². The predicted octanol–water partition coefficient (Wildman–Crippen LogP) is 3.63. The summed E-state index contributed by atoms with van der Waals surface area (Å²) in [5.74, 6) is -2.51. The number of carboxylic acids is 2. The minimum atomic E-state index is -1.26. The Hall–Kier alpha value is -2.48. The number of anilines is 1. The van der Waals surface area contributed by atoms with Gasteiger partial charge in [-0.1, -0.05) is 35.5 Å². The van der Waals surface area contributed by atoms with Crippen molar-refractivity contribution >= 4 is 41.0 Å². The monoisotopic (exact) mass is 392 g/mol. The van der Waals surface area contributed by atoms with Gasteiger partial charge in [0.05, 0.1) is 6.04 Å². The van der Waals surface area contributed by atoms with Crippen molar-refractivity contribution in [2.45, 2.75) is 15.8 Å². The third-order valence-electron chi connectivity index (χ3n) is 3.39. The van der Waals surface area contributed by atoms with Crippen molar-refractivity contribution in [2.75, 3.05) is 11.9 Å². The summed E-state index contributed by atoms with van der Waals surface area (Å²) in [6.07, 6.45) is 1.12. The first kappa shape index (κ1) is 19.8. The van der Waals surface area contributed by atoms with Crippen LogP contribution in [0.5, 0.6) is 0 Å². The number of fused-ring (bicyclic) bond motifs is 2. The van der Waals surface area contributed by atoms with Gasteiger partial charge < -0.3 is 21.3 Å². The second-order valence-corrected chi connectivity index (χ2v) is 6.74. The van der Waals surface area contributed by atoms with Crippen molar-refractivity contribution in [3.63, 3.8) is 0 Å². The zero-order valence-electron chi connectivity index (χ0n) is 13.6. The highest BCUT2D eigenvalue weighted by atomic mass is 35.5. The van der Waals surface area contributed by atoms with Crippen molar-refractivity contribution in [3.05, 3.63) is 65.2 Å². The van der Waals surface area contributed by atoms with E-state index < -0.39 is 11.9 Å². The van der Waals surface area contributed by atoms with Crippen molar-refractivity contribution in [3.8, 4) is 0 Å². The number of nitrogens with one attached hydrogen (secondary N) is 1. The number of hydrogen-bond donors (Lipinski definition) is 4. The summed E-state index contributed by atoms with van der Waals surface area (Å²) in [5.41, 5.74) is 8.18. The number of nitrogens with two attached hydrogens (primary N) is 1. The number of hydrogen-bond acceptors (Lipinski definition) is 5. The van der Waals surface area contributed by atoms with Crippen LogP contribution >= 0.6 is 23.4 Å². The van der Waals surface area contributed by atoms with Gasteiger partial charge in [-0.05, 0) is 35.9 Å². The Morgan fingerprint density at radius 2 is 1.77 bits per heavy atom. The predicted molar refractivity (Wildman–Crippen MR) is 102 cm³/mol. The molecule has 26 heavy (non-hydrogen) atoms. The molecule has 0 saturated carbocycles. The average Bonchev–Trinajstić information content (AvgIpc) is 2.76. The number of aliphatic carboxylic acids is 2. The molecule has 0 aliphatic carbocycles.